The molecule has 74 valence electrons. The minimum absolute atomic E-state index is 0.160. The normalized spacial score (nSPS) is 13.3. The van der Waals surface area contributed by atoms with E-state index >= 15 is 0 Å². The molecule has 0 aliphatic carbocycles. The van der Waals surface area contributed by atoms with Gasteiger partial charge in [0.2, 0.25) is 10.0 Å². The van der Waals surface area contributed by atoms with Gasteiger partial charge in [-0.05, 0) is 12.8 Å². The van der Waals surface area contributed by atoms with E-state index in [-0.39, 0.29) is 6.61 Å². The third-order valence-corrected chi connectivity index (χ3v) is 2.86. The molecule has 0 bridgehead atoms. The quantitative estimate of drug-likeness (QED) is 0.653. The first kappa shape index (κ1) is 11.9. The van der Waals surface area contributed by atoms with Gasteiger partial charge in [-0.3, -0.25) is 0 Å². The second kappa shape index (κ2) is 4.20. The van der Waals surface area contributed by atoms with E-state index in [1.165, 1.54) is 0 Å². The van der Waals surface area contributed by atoms with Gasteiger partial charge in [0.15, 0.2) is 0 Å². The third-order valence-electron chi connectivity index (χ3n) is 2.06. The Hall–Kier alpha value is -0.130. The van der Waals surface area contributed by atoms with Gasteiger partial charge in [-0.1, -0.05) is 13.8 Å². The smallest absolute Gasteiger partial charge is 0.209 e. The van der Waals surface area contributed by atoms with Crippen molar-refractivity contribution in [3.8, 4) is 0 Å². The number of hydrogen-bond donors (Lipinski definition) is 2. The monoisotopic (exact) mass is 195 g/mol. The van der Waals surface area contributed by atoms with Gasteiger partial charge in [0.1, 0.15) is 0 Å². The van der Waals surface area contributed by atoms with E-state index in [9.17, 15) is 8.42 Å². The first-order valence-corrected chi connectivity index (χ1v) is 5.88. The number of sulfonamides is 1. The maximum atomic E-state index is 10.9. The number of hydrogen-bond acceptors (Lipinski definition) is 3. The fourth-order valence-electron chi connectivity index (χ4n) is 1.04. The van der Waals surface area contributed by atoms with Crippen LogP contribution in [0, 0.1) is 0 Å². The molecule has 2 N–H and O–H groups in total. The Morgan fingerprint density at radius 1 is 1.33 bits per heavy atom. The Balaban J connectivity index is 4.52. The fraction of sp³-hybridized carbons (Fsp3) is 1.00. The fourth-order valence-corrected chi connectivity index (χ4v) is 2.18. The van der Waals surface area contributed by atoms with Crippen LogP contribution in [0.5, 0.6) is 0 Å². The second-order valence-electron chi connectivity index (χ2n) is 3.02. The first-order chi connectivity index (χ1) is 5.39. The van der Waals surface area contributed by atoms with Crippen molar-refractivity contribution in [2.24, 2.45) is 0 Å². The molecule has 4 nitrogen and oxygen atoms in total. The van der Waals surface area contributed by atoms with Crippen LogP contribution in [-0.4, -0.2) is 31.9 Å². The molecule has 0 aliphatic rings. The molecule has 0 heterocycles. The molecule has 0 aliphatic heterocycles. The molecule has 0 aromatic heterocycles. The lowest BCUT2D eigenvalue weighted by atomic mass is 9.96. The zero-order valence-electron chi connectivity index (χ0n) is 7.79. The van der Waals surface area contributed by atoms with Crippen LogP contribution in [0.4, 0.5) is 0 Å². The maximum Gasteiger partial charge on any atom is 0.209 e. The van der Waals surface area contributed by atoms with E-state index in [0.29, 0.717) is 12.8 Å². The average Bonchev–Trinajstić information content (AvgIpc) is 1.99. The average molecular weight is 195 g/mol. The first-order valence-electron chi connectivity index (χ1n) is 3.99. The Bertz CT molecular complexity index is 211. The summed E-state index contributed by atoms with van der Waals surface area (Å²) in [5, 5.41) is 9.01. The highest BCUT2D eigenvalue weighted by atomic mass is 32.2. The van der Waals surface area contributed by atoms with Crippen molar-refractivity contribution in [1.82, 2.24) is 4.72 Å². The summed E-state index contributed by atoms with van der Waals surface area (Å²) in [6.45, 7) is 3.53. The van der Waals surface area contributed by atoms with E-state index in [1.54, 1.807) is 0 Å². The molecule has 0 spiro atoms. The highest BCUT2D eigenvalue weighted by molar-refractivity contribution is 7.88. The lowest BCUT2D eigenvalue weighted by Crippen LogP contribution is -2.49. The van der Waals surface area contributed by atoms with Gasteiger partial charge >= 0.3 is 0 Å². The zero-order chi connectivity index (χ0) is 9.83. The van der Waals surface area contributed by atoms with Gasteiger partial charge in [-0.2, -0.15) is 0 Å². The number of aliphatic hydroxyl groups is 1. The standard InChI is InChI=1S/C7H17NO3S/c1-4-7(5-2,6-9)8-12(3,10)11/h8-9H,4-6H2,1-3H3. The molecule has 12 heavy (non-hydrogen) atoms. The minimum Gasteiger partial charge on any atom is -0.394 e. The zero-order valence-corrected chi connectivity index (χ0v) is 8.61. The van der Waals surface area contributed by atoms with Crippen LogP contribution in [0.2, 0.25) is 0 Å². The predicted octanol–water partition coefficient (Wildman–Crippen LogP) is 0.0867. The van der Waals surface area contributed by atoms with Gasteiger partial charge in [-0.25, -0.2) is 13.1 Å². The van der Waals surface area contributed by atoms with E-state index in [4.69, 9.17) is 5.11 Å². The van der Waals surface area contributed by atoms with Crippen molar-refractivity contribution in [1.29, 1.82) is 0 Å². The van der Waals surface area contributed by atoms with Crippen molar-refractivity contribution in [2.75, 3.05) is 12.9 Å². The van der Waals surface area contributed by atoms with E-state index in [2.05, 4.69) is 4.72 Å². The van der Waals surface area contributed by atoms with Crippen LogP contribution >= 0.6 is 0 Å². The molecule has 0 radical (unpaired) electrons. The molecular weight excluding hydrogens is 178 g/mol. The summed E-state index contributed by atoms with van der Waals surface area (Å²) in [5.74, 6) is 0. The SMILES string of the molecule is CCC(CC)(CO)NS(C)(=O)=O. The van der Waals surface area contributed by atoms with E-state index in [1.807, 2.05) is 13.8 Å². The van der Waals surface area contributed by atoms with Crippen molar-refractivity contribution < 1.29 is 13.5 Å². The van der Waals surface area contributed by atoms with Crippen LogP contribution in [0.25, 0.3) is 0 Å². The van der Waals surface area contributed by atoms with Crippen molar-refractivity contribution in [2.45, 2.75) is 32.2 Å². The summed E-state index contributed by atoms with van der Waals surface area (Å²) < 4.78 is 24.2. The number of nitrogens with one attached hydrogen (secondary N) is 1. The second-order valence-corrected chi connectivity index (χ2v) is 4.77. The van der Waals surface area contributed by atoms with E-state index in [0.717, 1.165) is 6.26 Å². The molecule has 0 aromatic rings. The third kappa shape index (κ3) is 3.51. The lowest BCUT2D eigenvalue weighted by molar-refractivity contribution is 0.172. The number of rotatable bonds is 5. The largest absolute Gasteiger partial charge is 0.394 e. The Morgan fingerprint density at radius 3 is 1.83 bits per heavy atom. The number of aliphatic hydroxyl groups excluding tert-OH is 1. The maximum absolute atomic E-state index is 10.9. The Morgan fingerprint density at radius 2 is 1.75 bits per heavy atom. The van der Waals surface area contributed by atoms with Crippen LogP contribution in [0.3, 0.4) is 0 Å². The van der Waals surface area contributed by atoms with Gasteiger partial charge < -0.3 is 5.11 Å². The summed E-state index contributed by atoms with van der Waals surface area (Å²) in [7, 11) is -3.23. The minimum atomic E-state index is -3.23. The van der Waals surface area contributed by atoms with Crippen molar-refractivity contribution >= 4 is 10.0 Å². The van der Waals surface area contributed by atoms with Gasteiger partial charge in [0.25, 0.3) is 0 Å². The molecular formula is C7H17NO3S. The highest BCUT2D eigenvalue weighted by Crippen LogP contribution is 2.14. The van der Waals surface area contributed by atoms with Crippen LogP contribution in [0.1, 0.15) is 26.7 Å². The highest BCUT2D eigenvalue weighted by Gasteiger charge is 2.28. The molecule has 0 saturated heterocycles. The van der Waals surface area contributed by atoms with Crippen molar-refractivity contribution in [3.63, 3.8) is 0 Å². The molecule has 0 saturated carbocycles. The topological polar surface area (TPSA) is 66.4 Å². The summed E-state index contributed by atoms with van der Waals surface area (Å²) in [4.78, 5) is 0. The molecule has 0 atom stereocenters. The van der Waals surface area contributed by atoms with Gasteiger partial charge in [-0.15, -0.1) is 0 Å². The molecule has 0 fully saturated rings. The summed E-state index contributed by atoms with van der Waals surface area (Å²) in [5.41, 5.74) is -0.673. The van der Waals surface area contributed by atoms with Crippen LogP contribution in [0.15, 0.2) is 0 Å². The van der Waals surface area contributed by atoms with Crippen LogP contribution in [-0.2, 0) is 10.0 Å². The summed E-state index contributed by atoms with van der Waals surface area (Å²) >= 11 is 0. The van der Waals surface area contributed by atoms with Gasteiger partial charge in [0.05, 0.1) is 18.4 Å². The van der Waals surface area contributed by atoms with Crippen LogP contribution < -0.4 is 4.72 Å². The predicted molar refractivity (Wildman–Crippen MR) is 48.4 cm³/mol. The van der Waals surface area contributed by atoms with E-state index < -0.39 is 15.6 Å². The molecule has 5 heteroatoms. The summed E-state index contributed by atoms with van der Waals surface area (Å²) in [6.07, 6.45) is 2.28. The lowest BCUT2D eigenvalue weighted by Gasteiger charge is -2.29. The molecule has 0 unspecified atom stereocenters. The van der Waals surface area contributed by atoms with Crippen molar-refractivity contribution in [3.05, 3.63) is 0 Å². The molecule has 0 aromatic carbocycles. The van der Waals surface area contributed by atoms with Gasteiger partial charge in [0, 0.05) is 0 Å². The Kier molecular flexibility index (Phi) is 4.16. The summed E-state index contributed by atoms with van der Waals surface area (Å²) in [6, 6.07) is 0. The molecule has 0 amide bonds. The Labute approximate surface area is 74.0 Å². The molecule has 0 rings (SSSR count).